The fourth-order valence-corrected chi connectivity index (χ4v) is 2.96. The molecule has 20 heavy (non-hydrogen) atoms. The van der Waals surface area contributed by atoms with E-state index in [1.54, 1.807) is 11.3 Å². The second-order valence-corrected chi connectivity index (χ2v) is 5.81. The highest BCUT2D eigenvalue weighted by atomic mass is 32.1. The smallest absolute Gasteiger partial charge is 0.224 e. The molecular weight excluding hydrogens is 272 g/mol. The number of thiophene rings is 1. The van der Waals surface area contributed by atoms with E-state index in [1.807, 2.05) is 18.2 Å². The number of ether oxygens (including phenoxy) is 1. The quantitative estimate of drug-likeness (QED) is 0.850. The van der Waals surface area contributed by atoms with Crippen LogP contribution in [0.4, 0.5) is 11.4 Å². The molecule has 3 N–H and O–H groups in total. The van der Waals surface area contributed by atoms with Crippen molar-refractivity contribution in [3.05, 3.63) is 40.1 Å². The minimum atomic E-state index is 0.0480. The summed E-state index contributed by atoms with van der Waals surface area (Å²) in [5.74, 6) is 0.689. The van der Waals surface area contributed by atoms with E-state index in [4.69, 9.17) is 10.5 Å². The van der Waals surface area contributed by atoms with Crippen molar-refractivity contribution in [2.45, 2.75) is 19.3 Å². The summed E-state index contributed by atoms with van der Waals surface area (Å²) in [6.07, 6.45) is 2.12. The van der Waals surface area contributed by atoms with Crippen molar-refractivity contribution in [3.8, 4) is 5.75 Å². The first-order chi connectivity index (χ1) is 9.72. The van der Waals surface area contributed by atoms with Gasteiger partial charge in [0, 0.05) is 29.5 Å². The molecule has 3 rings (SSSR count). The van der Waals surface area contributed by atoms with Crippen LogP contribution in [-0.2, 0) is 17.6 Å². The summed E-state index contributed by atoms with van der Waals surface area (Å²) in [5.41, 5.74) is 8.53. The van der Waals surface area contributed by atoms with Crippen LogP contribution in [0.25, 0.3) is 0 Å². The largest absolute Gasteiger partial charge is 0.491 e. The number of fused-ring (bicyclic) bond motifs is 1. The Balaban J connectivity index is 1.69. The van der Waals surface area contributed by atoms with Gasteiger partial charge in [-0.2, -0.15) is 0 Å². The number of nitrogens with two attached hydrogens (primary N) is 1. The summed E-state index contributed by atoms with van der Waals surface area (Å²) in [6, 6.07) is 7.85. The Morgan fingerprint density at radius 2 is 2.25 bits per heavy atom. The van der Waals surface area contributed by atoms with Gasteiger partial charge in [-0.25, -0.2) is 0 Å². The summed E-state index contributed by atoms with van der Waals surface area (Å²) in [4.78, 5) is 12.7. The van der Waals surface area contributed by atoms with E-state index >= 15 is 0 Å². The predicted molar refractivity (Wildman–Crippen MR) is 81.3 cm³/mol. The highest BCUT2D eigenvalue weighted by molar-refractivity contribution is 7.09. The Morgan fingerprint density at radius 3 is 3.05 bits per heavy atom. The molecule has 2 heterocycles. The Morgan fingerprint density at radius 1 is 1.35 bits per heavy atom. The molecule has 0 bridgehead atoms. The van der Waals surface area contributed by atoms with Crippen LogP contribution < -0.4 is 15.8 Å². The molecule has 0 saturated carbocycles. The van der Waals surface area contributed by atoms with Crippen LogP contribution >= 0.6 is 11.3 Å². The first kappa shape index (κ1) is 13.0. The van der Waals surface area contributed by atoms with E-state index in [2.05, 4.69) is 16.8 Å². The highest BCUT2D eigenvalue weighted by Gasteiger charge is 2.17. The Kier molecular flexibility index (Phi) is 3.60. The first-order valence-corrected chi connectivity index (χ1v) is 7.48. The molecule has 4 nitrogen and oxygen atoms in total. The minimum absolute atomic E-state index is 0.0480. The van der Waals surface area contributed by atoms with Gasteiger partial charge in [-0.3, -0.25) is 4.79 Å². The fraction of sp³-hybridized carbons (Fsp3) is 0.267. The molecule has 0 spiro atoms. The number of carbonyl (C=O) groups is 1. The van der Waals surface area contributed by atoms with Crippen molar-refractivity contribution in [2.75, 3.05) is 17.7 Å². The zero-order valence-electron chi connectivity index (χ0n) is 11.0. The third-order valence-corrected chi connectivity index (χ3v) is 4.25. The Labute approximate surface area is 121 Å². The molecule has 0 saturated heterocycles. The second kappa shape index (κ2) is 5.54. The number of nitrogen functional groups attached to an aromatic ring is 1. The number of rotatable bonds is 4. The van der Waals surface area contributed by atoms with Crippen molar-refractivity contribution in [1.82, 2.24) is 0 Å². The minimum Gasteiger partial charge on any atom is -0.491 e. The molecule has 1 amide bonds. The number of hydrogen-bond donors (Lipinski definition) is 2. The van der Waals surface area contributed by atoms with Gasteiger partial charge in [0.25, 0.3) is 0 Å². The van der Waals surface area contributed by atoms with Gasteiger partial charge < -0.3 is 15.8 Å². The third-order valence-electron chi connectivity index (χ3n) is 3.32. The number of anilines is 2. The van der Waals surface area contributed by atoms with Crippen LogP contribution in [0.3, 0.4) is 0 Å². The average Bonchev–Trinajstić information content (AvgIpc) is 2.93. The van der Waals surface area contributed by atoms with Gasteiger partial charge in [0.1, 0.15) is 5.75 Å². The number of nitrogens with one attached hydrogen (secondary N) is 1. The molecule has 1 aliphatic heterocycles. The summed E-state index contributed by atoms with van der Waals surface area (Å²) in [6.45, 7) is 0.581. The normalized spacial score (nSPS) is 13.7. The van der Waals surface area contributed by atoms with Crippen molar-refractivity contribution in [1.29, 1.82) is 0 Å². The number of benzene rings is 1. The zero-order valence-corrected chi connectivity index (χ0v) is 11.8. The van der Waals surface area contributed by atoms with Crippen molar-refractivity contribution in [2.24, 2.45) is 0 Å². The van der Waals surface area contributed by atoms with Crippen LogP contribution in [-0.4, -0.2) is 12.5 Å². The molecule has 5 heteroatoms. The van der Waals surface area contributed by atoms with E-state index in [0.717, 1.165) is 24.1 Å². The molecular formula is C15H16N2O2S. The number of hydrogen-bond acceptors (Lipinski definition) is 4. The van der Waals surface area contributed by atoms with Gasteiger partial charge in [0.15, 0.2) is 0 Å². The monoisotopic (exact) mass is 288 g/mol. The fourth-order valence-electron chi connectivity index (χ4n) is 2.27. The van der Waals surface area contributed by atoms with Crippen molar-refractivity contribution >= 4 is 28.6 Å². The molecule has 2 aromatic rings. The summed E-state index contributed by atoms with van der Waals surface area (Å²) in [5, 5.41) is 4.91. The lowest BCUT2D eigenvalue weighted by molar-refractivity contribution is -0.116. The molecule has 104 valence electrons. The Hall–Kier alpha value is -2.01. The van der Waals surface area contributed by atoms with Crippen LogP contribution in [0.15, 0.2) is 29.6 Å². The lowest BCUT2D eigenvalue weighted by atomic mass is 10.0. The van der Waals surface area contributed by atoms with E-state index < -0.39 is 0 Å². The second-order valence-electron chi connectivity index (χ2n) is 4.77. The maximum Gasteiger partial charge on any atom is 0.224 e. The number of amides is 1. The average molecular weight is 288 g/mol. The van der Waals surface area contributed by atoms with Crippen molar-refractivity contribution < 1.29 is 9.53 Å². The van der Waals surface area contributed by atoms with E-state index in [9.17, 15) is 4.79 Å². The number of aryl methyl sites for hydroxylation is 1. The molecule has 0 fully saturated rings. The first-order valence-electron chi connectivity index (χ1n) is 6.60. The van der Waals surface area contributed by atoms with Gasteiger partial charge in [0.05, 0.1) is 12.3 Å². The van der Waals surface area contributed by atoms with Gasteiger partial charge in [-0.05, 0) is 29.5 Å². The lowest BCUT2D eigenvalue weighted by Gasteiger charge is -2.19. The van der Waals surface area contributed by atoms with Gasteiger partial charge in [0.2, 0.25) is 5.91 Å². The van der Waals surface area contributed by atoms with E-state index in [0.29, 0.717) is 24.5 Å². The van der Waals surface area contributed by atoms with Crippen LogP contribution in [0.2, 0.25) is 0 Å². The van der Waals surface area contributed by atoms with Gasteiger partial charge in [-0.1, -0.05) is 6.07 Å². The standard InChI is InChI=1S/C15H16N2O2S/c16-12-8-10-3-4-15(18)17-13(10)9-14(12)19-6-5-11-2-1-7-20-11/h1-2,7-9H,3-6,16H2,(H,17,18). The van der Waals surface area contributed by atoms with Gasteiger partial charge in [-0.15, -0.1) is 11.3 Å². The summed E-state index contributed by atoms with van der Waals surface area (Å²) >= 11 is 1.72. The summed E-state index contributed by atoms with van der Waals surface area (Å²) in [7, 11) is 0. The van der Waals surface area contributed by atoms with Gasteiger partial charge >= 0.3 is 0 Å². The number of carbonyl (C=O) groups excluding carboxylic acids is 1. The molecule has 0 unspecified atom stereocenters. The highest BCUT2D eigenvalue weighted by Crippen LogP contribution is 2.32. The third kappa shape index (κ3) is 2.77. The zero-order chi connectivity index (χ0) is 13.9. The molecule has 0 atom stereocenters. The van der Waals surface area contributed by atoms with Crippen molar-refractivity contribution in [3.63, 3.8) is 0 Å². The van der Waals surface area contributed by atoms with E-state index in [-0.39, 0.29) is 5.91 Å². The van der Waals surface area contributed by atoms with Crippen LogP contribution in [0.1, 0.15) is 16.9 Å². The SMILES string of the molecule is Nc1cc2c(cc1OCCc1cccs1)NC(=O)CC2. The molecule has 1 aliphatic rings. The predicted octanol–water partition coefficient (Wildman–Crippen LogP) is 2.84. The molecule has 0 radical (unpaired) electrons. The topological polar surface area (TPSA) is 64.3 Å². The maximum absolute atomic E-state index is 11.4. The van der Waals surface area contributed by atoms with E-state index in [1.165, 1.54) is 4.88 Å². The molecule has 0 aliphatic carbocycles. The van der Waals surface area contributed by atoms with Crippen LogP contribution in [0.5, 0.6) is 5.75 Å². The Bertz CT molecular complexity index is 623. The molecule has 1 aromatic carbocycles. The summed E-state index contributed by atoms with van der Waals surface area (Å²) < 4.78 is 5.74. The van der Waals surface area contributed by atoms with Crippen LogP contribution in [0, 0.1) is 0 Å². The maximum atomic E-state index is 11.4. The lowest BCUT2D eigenvalue weighted by Crippen LogP contribution is -2.19. The molecule has 1 aromatic heterocycles.